The van der Waals surface area contributed by atoms with Crippen LogP contribution in [0.3, 0.4) is 0 Å². The summed E-state index contributed by atoms with van der Waals surface area (Å²) < 4.78 is 6.36. The molecular weight excluding hydrogens is 593 g/mol. The van der Waals surface area contributed by atoms with Crippen molar-refractivity contribution in [3.05, 3.63) is 170 Å². The van der Waals surface area contributed by atoms with E-state index in [-0.39, 0.29) is 0 Å². The van der Waals surface area contributed by atoms with Crippen LogP contribution in [0, 0.1) is 0 Å². The molecule has 1 heteroatoms. The van der Waals surface area contributed by atoms with E-state index in [0.29, 0.717) is 0 Å². The Kier molecular flexibility index (Phi) is 5.45. The van der Waals surface area contributed by atoms with Gasteiger partial charge in [0.2, 0.25) is 0 Å². The summed E-state index contributed by atoms with van der Waals surface area (Å²) in [6, 6.07) is 62.1. The van der Waals surface area contributed by atoms with Gasteiger partial charge in [-0.25, -0.2) is 0 Å². The van der Waals surface area contributed by atoms with E-state index in [1.54, 1.807) is 0 Å². The summed E-state index contributed by atoms with van der Waals surface area (Å²) in [4.78, 5) is 0. The molecule has 1 aromatic heterocycles. The summed E-state index contributed by atoms with van der Waals surface area (Å²) in [6.45, 7) is 0. The van der Waals surface area contributed by atoms with Crippen molar-refractivity contribution >= 4 is 75.8 Å². The smallest absolute Gasteiger partial charge is 0.143 e. The molecule has 49 heavy (non-hydrogen) atoms. The minimum atomic E-state index is 0.923. The maximum absolute atomic E-state index is 6.36. The van der Waals surface area contributed by atoms with Gasteiger partial charge in [-0.05, 0) is 93.8 Å². The Bertz CT molecular complexity index is 3090. The van der Waals surface area contributed by atoms with Crippen LogP contribution in [0.4, 0.5) is 0 Å². The van der Waals surface area contributed by atoms with Crippen LogP contribution in [0.5, 0.6) is 0 Å². The molecule has 0 aliphatic rings. The fourth-order valence-electron chi connectivity index (χ4n) is 8.37. The Labute approximate surface area is 282 Å². The third-order valence-electron chi connectivity index (χ3n) is 10.6. The highest BCUT2D eigenvalue weighted by Gasteiger charge is 2.17. The fraction of sp³-hybridized carbons (Fsp3) is 0. The van der Waals surface area contributed by atoms with Gasteiger partial charge in [-0.1, -0.05) is 158 Å². The van der Waals surface area contributed by atoms with E-state index in [4.69, 9.17) is 4.42 Å². The van der Waals surface area contributed by atoms with Crippen LogP contribution in [0.15, 0.2) is 174 Å². The Balaban J connectivity index is 1.09. The predicted molar refractivity (Wildman–Crippen MR) is 209 cm³/mol. The van der Waals surface area contributed by atoms with E-state index in [0.717, 1.165) is 33.1 Å². The number of fused-ring (bicyclic) bond motifs is 6. The zero-order chi connectivity index (χ0) is 32.1. The molecule has 226 valence electrons. The first-order valence-electron chi connectivity index (χ1n) is 16.9. The zero-order valence-electron chi connectivity index (χ0n) is 26.6. The third-order valence-corrected chi connectivity index (χ3v) is 10.6. The van der Waals surface area contributed by atoms with E-state index in [9.17, 15) is 0 Å². The van der Waals surface area contributed by atoms with Gasteiger partial charge in [-0.3, -0.25) is 0 Å². The largest absolute Gasteiger partial charge is 0.455 e. The molecular formula is C48H28O. The van der Waals surface area contributed by atoms with Crippen molar-refractivity contribution < 1.29 is 4.42 Å². The van der Waals surface area contributed by atoms with Gasteiger partial charge in [-0.15, -0.1) is 0 Å². The molecule has 11 rings (SSSR count). The van der Waals surface area contributed by atoms with Crippen LogP contribution in [0.25, 0.3) is 109 Å². The van der Waals surface area contributed by atoms with Gasteiger partial charge in [0.15, 0.2) is 0 Å². The lowest BCUT2D eigenvalue weighted by Crippen LogP contribution is -1.90. The topological polar surface area (TPSA) is 13.1 Å². The van der Waals surface area contributed by atoms with Crippen LogP contribution in [-0.4, -0.2) is 0 Å². The molecule has 0 saturated carbocycles. The van der Waals surface area contributed by atoms with Crippen LogP contribution in [0.1, 0.15) is 0 Å². The summed E-state index contributed by atoms with van der Waals surface area (Å²) >= 11 is 0. The molecule has 0 radical (unpaired) electrons. The molecule has 10 aromatic carbocycles. The molecule has 11 aromatic rings. The van der Waals surface area contributed by atoms with Crippen molar-refractivity contribution in [2.75, 3.05) is 0 Å². The number of furan rings is 1. The Morgan fingerprint density at radius 3 is 1.63 bits per heavy atom. The van der Waals surface area contributed by atoms with Crippen LogP contribution < -0.4 is 0 Å². The molecule has 0 saturated heterocycles. The highest BCUT2D eigenvalue weighted by molar-refractivity contribution is 6.28. The first kappa shape index (κ1) is 26.6. The average Bonchev–Trinajstić information content (AvgIpc) is 3.56. The maximum atomic E-state index is 6.36. The first-order chi connectivity index (χ1) is 24.3. The second kappa shape index (κ2) is 10.0. The second-order valence-corrected chi connectivity index (χ2v) is 13.2. The van der Waals surface area contributed by atoms with Gasteiger partial charge in [-0.2, -0.15) is 0 Å². The predicted octanol–water partition coefficient (Wildman–Crippen LogP) is 13.8. The number of hydrogen-bond acceptors (Lipinski definition) is 1. The van der Waals surface area contributed by atoms with Crippen molar-refractivity contribution in [1.82, 2.24) is 0 Å². The van der Waals surface area contributed by atoms with Crippen LogP contribution in [-0.2, 0) is 0 Å². The molecule has 0 spiro atoms. The van der Waals surface area contributed by atoms with Crippen molar-refractivity contribution in [3.8, 4) is 33.4 Å². The highest BCUT2D eigenvalue weighted by Crippen LogP contribution is 2.45. The van der Waals surface area contributed by atoms with E-state index < -0.39 is 0 Å². The molecule has 0 unspecified atom stereocenters. The quantitative estimate of drug-likeness (QED) is 0.179. The summed E-state index contributed by atoms with van der Waals surface area (Å²) in [6.07, 6.45) is 0. The Morgan fingerprint density at radius 2 is 0.857 bits per heavy atom. The van der Waals surface area contributed by atoms with E-state index in [2.05, 4.69) is 158 Å². The van der Waals surface area contributed by atoms with Gasteiger partial charge in [0, 0.05) is 16.3 Å². The van der Waals surface area contributed by atoms with Crippen LogP contribution >= 0.6 is 0 Å². The molecule has 0 aliphatic carbocycles. The van der Waals surface area contributed by atoms with Gasteiger partial charge < -0.3 is 4.42 Å². The highest BCUT2D eigenvalue weighted by atomic mass is 16.3. The maximum Gasteiger partial charge on any atom is 0.143 e. The third kappa shape index (κ3) is 3.82. The monoisotopic (exact) mass is 620 g/mol. The van der Waals surface area contributed by atoms with Gasteiger partial charge in [0.05, 0.1) is 0 Å². The standard InChI is InChI=1S/C48H28O/c1-2-9-34-33(8-1)28-44(38-11-4-3-10-37(34)38)39-25-21-32-22-26-41-35(24-20-31-23-27-42(39)47(32)46(31)41)29-16-18-30(19-17-29)36-13-7-14-43-40-12-5-6-15-45(40)49-48(36)43/h1-28H. The van der Waals surface area contributed by atoms with Crippen molar-refractivity contribution in [2.24, 2.45) is 0 Å². The molecule has 0 atom stereocenters. The van der Waals surface area contributed by atoms with E-state index in [1.807, 2.05) is 12.1 Å². The van der Waals surface area contributed by atoms with Crippen molar-refractivity contribution in [1.29, 1.82) is 0 Å². The summed E-state index contributed by atoms with van der Waals surface area (Å²) in [7, 11) is 0. The summed E-state index contributed by atoms with van der Waals surface area (Å²) in [5.41, 5.74) is 9.14. The molecule has 0 fully saturated rings. The van der Waals surface area contributed by atoms with Gasteiger partial charge in [0.25, 0.3) is 0 Å². The number of rotatable bonds is 3. The molecule has 1 heterocycles. The lowest BCUT2D eigenvalue weighted by atomic mass is 9.85. The molecule has 0 aliphatic heterocycles. The summed E-state index contributed by atoms with van der Waals surface area (Å²) in [5, 5.41) is 15.2. The van der Waals surface area contributed by atoms with Crippen molar-refractivity contribution in [3.63, 3.8) is 0 Å². The van der Waals surface area contributed by atoms with Crippen LogP contribution in [0.2, 0.25) is 0 Å². The minimum Gasteiger partial charge on any atom is -0.455 e. The number of hydrogen-bond donors (Lipinski definition) is 0. The lowest BCUT2D eigenvalue weighted by molar-refractivity contribution is 0.670. The van der Waals surface area contributed by atoms with Gasteiger partial charge in [0.1, 0.15) is 11.2 Å². The molecule has 0 N–H and O–H groups in total. The zero-order valence-corrected chi connectivity index (χ0v) is 26.6. The normalized spacial score (nSPS) is 12.1. The first-order valence-corrected chi connectivity index (χ1v) is 16.9. The summed E-state index contributed by atoms with van der Waals surface area (Å²) in [5.74, 6) is 0. The Morgan fingerprint density at radius 1 is 0.286 bits per heavy atom. The fourth-order valence-corrected chi connectivity index (χ4v) is 8.37. The minimum absolute atomic E-state index is 0.923. The Hall–Kier alpha value is -6.44. The molecule has 0 bridgehead atoms. The molecule has 1 nitrogen and oxygen atoms in total. The lowest BCUT2D eigenvalue weighted by Gasteiger charge is -2.18. The van der Waals surface area contributed by atoms with Gasteiger partial charge >= 0.3 is 0 Å². The SMILES string of the molecule is c1ccc2c(c1)cc(-c1ccc3ccc4c(-c5ccc(-c6cccc7c6oc6ccccc67)cc5)ccc5ccc1c3c54)c1ccccc12. The van der Waals surface area contributed by atoms with Crippen molar-refractivity contribution in [2.45, 2.75) is 0 Å². The number of benzene rings is 10. The van der Waals surface area contributed by atoms with E-state index in [1.165, 1.54) is 76.1 Å². The second-order valence-electron chi connectivity index (χ2n) is 13.2. The molecule has 0 amide bonds. The number of para-hydroxylation sites is 2. The average molecular weight is 621 g/mol. The van der Waals surface area contributed by atoms with E-state index >= 15 is 0 Å².